The van der Waals surface area contributed by atoms with Crippen molar-refractivity contribution in [1.29, 1.82) is 0 Å². The number of benzene rings is 4. The summed E-state index contributed by atoms with van der Waals surface area (Å²) in [5.74, 6) is 0. The van der Waals surface area contributed by atoms with E-state index in [0.717, 1.165) is 10.5 Å². The van der Waals surface area contributed by atoms with E-state index in [1.165, 1.54) is 16.1 Å². The van der Waals surface area contributed by atoms with Gasteiger partial charge in [-0.25, -0.2) is 12.7 Å². The van der Waals surface area contributed by atoms with E-state index in [-0.39, 0.29) is 4.90 Å². The van der Waals surface area contributed by atoms with E-state index in [0.29, 0.717) is 16.3 Å². The Morgan fingerprint density at radius 2 is 1.17 bits per heavy atom. The molecular formula is C25H21NO2S2. The third-order valence-electron chi connectivity index (χ3n) is 4.57. The van der Waals surface area contributed by atoms with E-state index in [4.69, 9.17) is 0 Å². The Morgan fingerprint density at radius 1 is 0.667 bits per heavy atom. The van der Waals surface area contributed by atoms with Gasteiger partial charge in [0, 0.05) is 9.79 Å². The maximum atomic E-state index is 14.0. The summed E-state index contributed by atoms with van der Waals surface area (Å²) in [7, 11) is -3.86. The Bertz CT molecular complexity index is 1190. The van der Waals surface area contributed by atoms with Gasteiger partial charge in [-0.15, -0.1) is 0 Å². The minimum atomic E-state index is -3.86. The van der Waals surface area contributed by atoms with Crippen LogP contribution in [-0.4, -0.2) is 8.42 Å². The average molecular weight is 432 g/mol. The van der Waals surface area contributed by atoms with Crippen molar-refractivity contribution >= 4 is 33.2 Å². The number of para-hydroxylation sites is 2. The quantitative estimate of drug-likeness (QED) is 0.342. The molecule has 0 fully saturated rings. The number of hydrogen-bond acceptors (Lipinski definition) is 3. The SMILES string of the molecule is Cc1ccc(S(=O)(=O)N(c2ccccc2)c2ccccc2)c(Sc2ccccc2)c1. The molecule has 4 aromatic carbocycles. The van der Waals surface area contributed by atoms with E-state index in [1.807, 2.05) is 110 Å². The number of hydrogen-bond donors (Lipinski definition) is 0. The van der Waals surface area contributed by atoms with Gasteiger partial charge in [-0.2, -0.15) is 0 Å². The maximum Gasteiger partial charge on any atom is 0.269 e. The first-order valence-corrected chi connectivity index (χ1v) is 11.8. The Kier molecular flexibility index (Phi) is 5.93. The van der Waals surface area contributed by atoms with Crippen LogP contribution in [0.25, 0.3) is 0 Å². The number of anilines is 2. The first kappa shape index (κ1) is 20.3. The van der Waals surface area contributed by atoms with E-state index in [1.54, 1.807) is 6.07 Å². The summed E-state index contributed by atoms with van der Waals surface area (Å²) in [6.07, 6.45) is 0. The van der Waals surface area contributed by atoms with Gasteiger partial charge in [0.25, 0.3) is 10.0 Å². The van der Waals surface area contributed by atoms with Crippen LogP contribution in [0.5, 0.6) is 0 Å². The van der Waals surface area contributed by atoms with E-state index >= 15 is 0 Å². The molecule has 0 aliphatic rings. The third-order valence-corrected chi connectivity index (χ3v) is 7.58. The second-order valence-corrected chi connectivity index (χ2v) is 9.68. The van der Waals surface area contributed by atoms with Crippen LogP contribution >= 0.6 is 11.8 Å². The fraction of sp³-hybridized carbons (Fsp3) is 0.0400. The molecule has 30 heavy (non-hydrogen) atoms. The summed E-state index contributed by atoms with van der Waals surface area (Å²) < 4.78 is 29.3. The Balaban J connectivity index is 1.87. The predicted octanol–water partition coefficient (Wildman–Crippen LogP) is 6.67. The van der Waals surface area contributed by atoms with Crippen LogP contribution in [0.2, 0.25) is 0 Å². The maximum absolute atomic E-state index is 14.0. The molecule has 0 amide bonds. The van der Waals surface area contributed by atoms with Crippen LogP contribution < -0.4 is 4.31 Å². The fourth-order valence-corrected chi connectivity index (χ4v) is 6.13. The molecule has 0 radical (unpaired) electrons. The van der Waals surface area contributed by atoms with Crippen molar-refractivity contribution in [2.75, 3.05) is 4.31 Å². The Labute approximate surface area is 182 Å². The molecule has 4 aromatic rings. The standard InChI is InChI=1S/C25H21NO2S2/c1-20-17-18-25(24(19-20)29-23-15-9-4-10-16-23)30(27,28)26(21-11-5-2-6-12-21)22-13-7-3-8-14-22/h2-19H,1H3. The number of sulfonamides is 1. The number of rotatable bonds is 6. The number of aryl methyl sites for hydroxylation is 1. The lowest BCUT2D eigenvalue weighted by Gasteiger charge is -2.26. The lowest BCUT2D eigenvalue weighted by molar-refractivity contribution is 0.594. The first-order chi connectivity index (χ1) is 14.6. The molecule has 0 N–H and O–H groups in total. The highest BCUT2D eigenvalue weighted by atomic mass is 32.2. The van der Waals surface area contributed by atoms with Gasteiger partial charge in [-0.3, -0.25) is 0 Å². The van der Waals surface area contributed by atoms with Crippen molar-refractivity contribution in [2.24, 2.45) is 0 Å². The number of nitrogens with zero attached hydrogens (tertiary/aromatic N) is 1. The van der Waals surface area contributed by atoms with Gasteiger partial charge in [-0.1, -0.05) is 72.4 Å². The van der Waals surface area contributed by atoms with Crippen molar-refractivity contribution in [3.63, 3.8) is 0 Å². The monoisotopic (exact) mass is 431 g/mol. The zero-order chi connectivity index (χ0) is 21.0. The molecule has 0 unspecified atom stereocenters. The van der Waals surface area contributed by atoms with Gasteiger partial charge in [0.05, 0.1) is 11.4 Å². The summed E-state index contributed by atoms with van der Waals surface area (Å²) in [6, 6.07) is 33.6. The van der Waals surface area contributed by atoms with Gasteiger partial charge >= 0.3 is 0 Å². The van der Waals surface area contributed by atoms with E-state index in [9.17, 15) is 8.42 Å². The third kappa shape index (κ3) is 4.27. The molecule has 0 saturated heterocycles. The second kappa shape index (κ2) is 8.78. The molecule has 5 heteroatoms. The van der Waals surface area contributed by atoms with Gasteiger partial charge in [-0.05, 0) is 61.0 Å². The van der Waals surface area contributed by atoms with Crippen molar-refractivity contribution in [1.82, 2.24) is 0 Å². The molecule has 0 bridgehead atoms. The largest absolute Gasteiger partial charge is 0.269 e. The van der Waals surface area contributed by atoms with Crippen molar-refractivity contribution in [3.05, 3.63) is 115 Å². The highest BCUT2D eigenvalue weighted by Crippen LogP contribution is 2.38. The normalized spacial score (nSPS) is 11.2. The zero-order valence-corrected chi connectivity index (χ0v) is 18.1. The van der Waals surface area contributed by atoms with E-state index < -0.39 is 10.0 Å². The van der Waals surface area contributed by atoms with Crippen LogP contribution in [0, 0.1) is 6.92 Å². The smallest absolute Gasteiger partial charge is 0.234 e. The van der Waals surface area contributed by atoms with E-state index in [2.05, 4.69) is 0 Å². The molecule has 0 saturated carbocycles. The first-order valence-electron chi connectivity index (χ1n) is 9.55. The molecule has 0 atom stereocenters. The molecule has 0 aliphatic heterocycles. The lowest BCUT2D eigenvalue weighted by Crippen LogP contribution is -2.26. The molecule has 0 aromatic heterocycles. The molecule has 3 nitrogen and oxygen atoms in total. The fourth-order valence-electron chi connectivity index (χ4n) is 3.18. The summed E-state index contributed by atoms with van der Waals surface area (Å²) in [5.41, 5.74) is 2.21. The molecule has 0 heterocycles. The van der Waals surface area contributed by atoms with Crippen LogP contribution in [0.4, 0.5) is 11.4 Å². The van der Waals surface area contributed by atoms with Crippen molar-refractivity contribution < 1.29 is 8.42 Å². The zero-order valence-electron chi connectivity index (χ0n) is 16.5. The molecule has 0 spiro atoms. The predicted molar refractivity (Wildman–Crippen MR) is 124 cm³/mol. The highest BCUT2D eigenvalue weighted by molar-refractivity contribution is 8.00. The van der Waals surface area contributed by atoms with Crippen LogP contribution in [0.15, 0.2) is 124 Å². The summed E-state index contributed by atoms with van der Waals surface area (Å²) >= 11 is 1.46. The van der Waals surface area contributed by atoms with Crippen molar-refractivity contribution in [2.45, 2.75) is 21.6 Å². The van der Waals surface area contributed by atoms with Gasteiger partial charge < -0.3 is 0 Å². The molecule has 4 rings (SSSR count). The molecule has 150 valence electrons. The summed E-state index contributed by atoms with van der Waals surface area (Å²) in [4.78, 5) is 1.98. The van der Waals surface area contributed by atoms with Crippen LogP contribution in [0.3, 0.4) is 0 Å². The molecular weight excluding hydrogens is 410 g/mol. The Hall–Kier alpha value is -3.02. The average Bonchev–Trinajstić information content (AvgIpc) is 2.76. The topological polar surface area (TPSA) is 37.4 Å². The molecule has 0 aliphatic carbocycles. The van der Waals surface area contributed by atoms with Crippen LogP contribution in [0.1, 0.15) is 5.56 Å². The lowest BCUT2D eigenvalue weighted by atomic mass is 10.2. The summed E-state index contributed by atoms with van der Waals surface area (Å²) in [5, 5.41) is 0. The van der Waals surface area contributed by atoms with Crippen molar-refractivity contribution in [3.8, 4) is 0 Å². The minimum absolute atomic E-state index is 0.287. The van der Waals surface area contributed by atoms with Gasteiger partial charge in [0.15, 0.2) is 0 Å². The minimum Gasteiger partial charge on any atom is -0.234 e. The van der Waals surface area contributed by atoms with Gasteiger partial charge in [0.2, 0.25) is 0 Å². The van der Waals surface area contributed by atoms with Gasteiger partial charge in [0.1, 0.15) is 4.90 Å². The highest BCUT2D eigenvalue weighted by Gasteiger charge is 2.29. The summed E-state index contributed by atoms with van der Waals surface area (Å²) in [6.45, 7) is 1.97. The van der Waals surface area contributed by atoms with Crippen LogP contribution in [-0.2, 0) is 10.0 Å². The second-order valence-electron chi connectivity index (χ2n) is 6.81. The Morgan fingerprint density at radius 3 is 1.70 bits per heavy atom.